The number of rotatable bonds is 10. The Labute approximate surface area is 267 Å². The van der Waals surface area contributed by atoms with Crippen molar-refractivity contribution in [1.82, 2.24) is 15.2 Å². The van der Waals surface area contributed by atoms with Crippen molar-refractivity contribution in [2.45, 2.75) is 56.7 Å². The Morgan fingerprint density at radius 1 is 0.978 bits per heavy atom. The second-order valence-electron chi connectivity index (χ2n) is 11.9. The molecule has 3 atom stereocenters. The number of alkyl carbamates (subject to hydrolysis) is 1. The van der Waals surface area contributed by atoms with Crippen molar-refractivity contribution in [3.63, 3.8) is 0 Å². The number of carbonyl (C=O) groups excluding carboxylic acids is 3. The molecule has 0 radical (unpaired) electrons. The number of hydrogen-bond acceptors (Lipinski definition) is 6. The van der Waals surface area contributed by atoms with E-state index >= 15 is 0 Å². The predicted octanol–water partition coefficient (Wildman–Crippen LogP) is 6.15. The van der Waals surface area contributed by atoms with Crippen LogP contribution in [0.1, 0.15) is 77.2 Å². The van der Waals surface area contributed by atoms with Crippen LogP contribution in [0, 0.1) is 5.82 Å². The molecule has 0 saturated carbocycles. The molecule has 1 fully saturated rings. The lowest BCUT2D eigenvalue weighted by Crippen LogP contribution is -2.48. The Bertz CT molecular complexity index is 1700. The van der Waals surface area contributed by atoms with E-state index in [1.807, 2.05) is 31.2 Å². The third kappa shape index (κ3) is 6.41. The molecule has 1 aromatic heterocycles. The van der Waals surface area contributed by atoms with Crippen LogP contribution >= 0.6 is 0 Å². The number of nitrogens with two attached hydrogens (primary N) is 1. The van der Waals surface area contributed by atoms with Gasteiger partial charge in [0.2, 0.25) is 5.91 Å². The molecule has 6 rings (SSSR count). The molecule has 9 heteroatoms. The van der Waals surface area contributed by atoms with Crippen LogP contribution in [-0.2, 0) is 9.53 Å². The Morgan fingerprint density at radius 3 is 2.33 bits per heavy atom. The molecule has 0 spiro atoms. The third-order valence-electron chi connectivity index (χ3n) is 9.06. The van der Waals surface area contributed by atoms with Crippen LogP contribution in [0.4, 0.5) is 9.18 Å². The van der Waals surface area contributed by atoms with Gasteiger partial charge in [-0.2, -0.15) is 0 Å². The number of likely N-dealkylation sites (tertiary alicyclic amines) is 1. The first-order chi connectivity index (χ1) is 22.3. The summed E-state index contributed by atoms with van der Waals surface area (Å²) in [4.78, 5) is 45.6. The van der Waals surface area contributed by atoms with Gasteiger partial charge in [-0.15, -0.1) is 0 Å². The minimum absolute atomic E-state index is 0.0480. The van der Waals surface area contributed by atoms with Gasteiger partial charge in [-0.1, -0.05) is 55.5 Å². The molecule has 3 aromatic carbocycles. The Balaban J connectivity index is 1.06. The highest BCUT2D eigenvalue weighted by atomic mass is 19.1. The molecule has 1 aliphatic heterocycles. The monoisotopic (exact) mass is 620 g/mol. The van der Waals surface area contributed by atoms with Gasteiger partial charge in [-0.05, 0) is 83.8 Å². The van der Waals surface area contributed by atoms with Crippen molar-refractivity contribution in [1.29, 1.82) is 0 Å². The molecule has 0 bridgehead atoms. The molecule has 1 saturated heterocycles. The number of halogens is 1. The second kappa shape index (κ2) is 13.6. The molecule has 1 aliphatic carbocycles. The average Bonchev–Trinajstić information content (AvgIpc) is 3.70. The molecule has 4 aromatic rings. The topological polar surface area (TPSA) is 115 Å². The summed E-state index contributed by atoms with van der Waals surface area (Å²) in [5, 5.41) is 2.91. The van der Waals surface area contributed by atoms with E-state index in [0.29, 0.717) is 30.5 Å². The van der Waals surface area contributed by atoms with E-state index < -0.39 is 18.0 Å². The fourth-order valence-electron chi connectivity index (χ4n) is 6.66. The highest BCUT2D eigenvalue weighted by molar-refractivity contribution is 6.08. The SMILES string of the molecule is CCC(C[C@H](N)C(=O)N1CCC[C@H]1c1cncc(C(=O)c2ccc(F)cc2)c1)NC(=O)OCC1c2ccccc2-c2ccccc21. The number of aromatic nitrogens is 1. The molecule has 2 amide bonds. The van der Waals surface area contributed by atoms with E-state index in [0.717, 1.165) is 34.2 Å². The van der Waals surface area contributed by atoms with E-state index in [4.69, 9.17) is 10.5 Å². The minimum Gasteiger partial charge on any atom is -0.449 e. The van der Waals surface area contributed by atoms with Gasteiger partial charge in [0.05, 0.1) is 12.1 Å². The molecule has 1 unspecified atom stereocenters. The van der Waals surface area contributed by atoms with Crippen molar-refractivity contribution >= 4 is 17.8 Å². The summed E-state index contributed by atoms with van der Waals surface area (Å²) in [7, 11) is 0. The fraction of sp³-hybridized carbons (Fsp3) is 0.297. The Kier molecular flexibility index (Phi) is 9.21. The largest absolute Gasteiger partial charge is 0.449 e. The maximum Gasteiger partial charge on any atom is 0.407 e. The first-order valence-corrected chi connectivity index (χ1v) is 15.8. The van der Waals surface area contributed by atoms with Gasteiger partial charge in [0.15, 0.2) is 5.78 Å². The summed E-state index contributed by atoms with van der Waals surface area (Å²) in [6.07, 6.45) is 4.93. The van der Waals surface area contributed by atoms with Gasteiger partial charge in [0.25, 0.3) is 0 Å². The molecular weight excluding hydrogens is 583 g/mol. The van der Waals surface area contributed by atoms with Gasteiger partial charge >= 0.3 is 6.09 Å². The number of pyridine rings is 1. The van der Waals surface area contributed by atoms with Crippen LogP contribution < -0.4 is 11.1 Å². The normalized spacial score (nSPS) is 16.8. The van der Waals surface area contributed by atoms with Crippen LogP contribution in [-0.4, -0.2) is 52.9 Å². The van der Waals surface area contributed by atoms with Crippen molar-refractivity contribution in [3.05, 3.63) is 125 Å². The van der Waals surface area contributed by atoms with E-state index in [-0.39, 0.29) is 42.7 Å². The number of benzene rings is 3. The molecule has 3 N–H and O–H groups in total. The first kappa shape index (κ1) is 31.1. The van der Waals surface area contributed by atoms with Crippen molar-refractivity contribution < 1.29 is 23.5 Å². The summed E-state index contributed by atoms with van der Waals surface area (Å²) in [6.45, 7) is 2.66. The van der Waals surface area contributed by atoms with E-state index in [1.54, 1.807) is 17.2 Å². The van der Waals surface area contributed by atoms with Gasteiger partial charge in [-0.25, -0.2) is 9.18 Å². The Morgan fingerprint density at radius 2 is 1.65 bits per heavy atom. The van der Waals surface area contributed by atoms with E-state index in [2.05, 4.69) is 34.6 Å². The zero-order valence-corrected chi connectivity index (χ0v) is 25.7. The number of fused-ring (bicyclic) bond motifs is 3. The lowest BCUT2D eigenvalue weighted by molar-refractivity contribution is -0.133. The standard InChI is InChI=1S/C37H37FN4O4/c1-2-27(41-37(45)46-22-32-30-10-5-3-8-28(30)29-9-4-6-11-31(29)32)19-33(39)36(44)42-17-7-12-34(42)24-18-25(21-40-20-24)35(43)23-13-15-26(38)16-14-23/h3-6,8-11,13-16,18,20-21,27,32-34H,2,7,12,17,19,22,39H2,1H3,(H,41,45)/t27?,33-,34-/m0/s1. The fourth-order valence-corrected chi connectivity index (χ4v) is 6.66. The van der Waals surface area contributed by atoms with Crippen LogP contribution in [0.15, 0.2) is 91.3 Å². The zero-order valence-electron chi connectivity index (χ0n) is 25.7. The third-order valence-corrected chi connectivity index (χ3v) is 9.06. The van der Waals surface area contributed by atoms with E-state index in [1.165, 1.54) is 30.5 Å². The molecule has 46 heavy (non-hydrogen) atoms. The first-order valence-electron chi connectivity index (χ1n) is 15.8. The quantitative estimate of drug-likeness (QED) is 0.206. The van der Waals surface area contributed by atoms with Gasteiger partial charge in [0.1, 0.15) is 12.4 Å². The van der Waals surface area contributed by atoms with Crippen molar-refractivity contribution in [2.75, 3.05) is 13.2 Å². The number of carbonyl (C=O) groups is 3. The highest BCUT2D eigenvalue weighted by Crippen LogP contribution is 2.44. The van der Waals surface area contributed by atoms with Gasteiger partial charge in [0, 0.05) is 42.0 Å². The van der Waals surface area contributed by atoms with E-state index in [9.17, 15) is 18.8 Å². The highest BCUT2D eigenvalue weighted by Gasteiger charge is 2.34. The minimum atomic E-state index is -0.837. The summed E-state index contributed by atoms with van der Waals surface area (Å²) in [5.74, 6) is -0.954. The summed E-state index contributed by atoms with van der Waals surface area (Å²) in [5.41, 5.74) is 12.5. The van der Waals surface area contributed by atoms with Crippen molar-refractivity contribution in [2.24, 2.45) is 5.73 Å². The van der Waals surface area contributed by atoms with Gasteiger partial charge in [-0.3, -0.25) is 14.6 Å². The Hall–Kier alpha value is -4.89. The lowest BCUT2D eigenvalue weighted by atomic mass is 9.98. The number of nitrogens with one attached hydrogen (secondary N) is 1. The lowest BCUT2D eigenvalue weighted by Gasteiger charge is -2.29. The summed E-state index contributed by atoms with van der Waals surface area (Å²) >= 11 is 0. The molecule has 2 aliphatic rings. The zero-order chi connectivity index (χ0) is 32.2. The van der Waals surface area contributed by atoms with Crippen molar-refractivity contribution in [3.8, 4) is 11.1 Å². The predicted molar refractivity (Wildman–Crippen MR) is 173 cm³/mol. The number of amides is 2. The van der Waals surface area contributed by atoms with Crippen LogP contribution in [0.2, 0.25) is 0 Å². The van der Waals surface area contributed by atoms with Gasteiger partial charge < -0.3 is 20.7 Å². The number of nitrogens with zero attached hydrogens (tertiary/aromatic N) is 2. The average molecular weight is 621 g/mol. The van der Waals surface area contributed by atoms with Crippen LogP contribution in [0.5, 0.6) is 0 Å². The summed E-state index contributed by atoms with van der Waals surface area (Å²) < 4.78 is 19.1. The molecule has 8 nitrogen and oxygen atoms in total. The van der Waals surface area contributed by atoms with Crippen LogP contribution in [0.3, 0.4) is 0 Å². The van der Waals surface area contributed by atoms with Crippen LogP contribution in [0.25, 0.3) is 11.1 Å². The molecule has 2 heterocycles. The smallest absolute Gasteiger partial charge is 0.407 e. The number of hydrogen-bond donors (Lipinski definition) is 2. The molecular formula is C37H37FN4O4. The summed E-state index contributed by atoms with van der Waals surface area (Å²) in [6, 6.07) is 22.0. The second-order valence-corrected chi connectivity index (χ2v) is 11.9. The molecule has 236 valence electrons. The number of ether oxygens (including phenoxy) is 1. The number of ketones is 1. The maximum atomic E-state index is 13.6. The maximum absolute atomic E-state index is 13.6.